The van der Waals surface area contributed by atoms with Gasteiger partial charge in [0, 0.05) is 16.5 Å². The van der Waals surface area contributed by atoms with Gasteiger partial charge in [-0.25, -0.2) is 9.78 Å². The van der Waals surface area contributed by atoms with Crippen LogP contribution in [0.15, 0.2) is 45.5 Å². The molecule has 0 bridgehead atoms. The molecule has 1 atom stereocenters. The van der Waals surface area contributed by atoms with Crippen LogP contribution in [0.2, 0.25) is 0 Å². The zero-order valence-electron chi connectivity index (χ0n) is 15.9. The maximum Gasteiger partial charge on any atom is 0.351 e. The van der Waals surface area contributed by atoms with E-state index >= 15 is 0 Å². The molecule has 0 fully saturated rings. The van der Waals surface area contributed by atoms with Gasteiger partial charge < -0.3 is 13.9 Å². The van der Waals surface area contributed by atoms with E-state index in [1.54, 1.807) is 44.4 Å². The van der Waals surface area contributed by atoms with E-state index in [0.717, 1.165) is 21.9 Å². The highest BCUT2D eigenvalue weighted by molar-refractivity contribution is 7.17. The summed E-state index contributed by atoms with van der Waals surface area (Å²) >= 11 is 2.89. The average molecular weight is 428 g/mol. The second-order valence-corrected chi connectivity index (χ2v) is 7.95. The number of rotatable bonds is 6. The molecule has 9 heteroatoms. The molecule has 0 saturated carbocycles. The molecule has 0 aliphatic heterocycles. The van der Waals surface area contributed by atoms with Crippen molar-refractivity contribution in [2.45, 2.75) is 20.0 Å². The van der Waals surface area contributed by atoms with Crippen LogP contribution in [-0.4, -0.2) is 28.3 Å². The first-order valence-electron chi connectivity index (χ1n) is 8.74. The smallest absolute Gasteiger partial charge is 0.351 e. The molecule has 0 amide bonds. The largest absolute Gasteiger partial charge is 0.497 e. The van der Waals surface area contributed by atoms with Gasteiger partial charge >= 0.3 is 5.97 Å². The van der Waals surface area contributed by atoms with Crippen LogP contribution in [0.5, 0.6) is 5.75 Å². The third-order valence-electron chi connectivity index (χ3n) is 4.16. The van der Waals surface area contributed by atoms with Gasteiger partial charge in [0.25, 0.3) is 5.89 Å². The van der Waals surface area contributed by atoms with Crippen LogP contribution in [0, 0.1) is 6.92 Å². The Bertz CT molecular complexity index is 1120. The standard InChI is InChI=1S/C20H17N3O4S2/c1-11-16(29-19(21-11)14-8-9-28-10-14)20(24)26-12(2)17-22-23-18(27-17)13-4-6-15(25-3)7-5-13/h4-10,12H,1-3H3. The number of esters is 1. The van der Waals surface area contributed by atoms with Crippen LogP contribution in [-0.2, 0) is 4.74 Å². The van der Waals surface area contributed by atoms with Crippen LogP contribution in [0.3, 0.4) is 0 Å². The van der Waals surface area contributed by atoms with E-state index in [1.165, 1.54) is 11.3 Å². The Kier molecular flexibility index (Phi) is 5.41. The van der Waals surface area contributed by atoms with Crippen molar-refractivity contribution in [2.24, 2.45) is 0 Å². The van der Waals surface area contributed by atoms with Crippen LogP contribution in [0.4, 0.5) is 0 Å². The predicted molar refractivity (Wildman–Crippen MR) is 110 cm³/mol. The zero-order valence-corrected chi connectivity index (χ0v) is 17.5. The molecule has 29 heavy (non-hydrogen) atoms. The van der Waals surface area contributed by atoms with Gasteiger partial charge in [0.15, 0.2) is 6.10 Å². The van der Waals surface area contributed by atoms with Crippen LogP contribution in [0.25, 0.3) is 22.0 Å². The van der Waals surface area contributed by atoms with E-state index in [0.29, 0.717) is 16.5 Å². The molecule has 0 saturated heterocycles. The lowest BCUT2D eigenvalue weighted by Gasteiger charge is -2.08. The van der Waals surface area contributed by atoms with E-state index in [-0.39, 0.29) is 5.89 Å². The van der Waals surface area contributed by atoms with Crippen molar-refractivity contribution < 1.29 is 18.7 Å². The van der Waals surface area contributed by atoms with Crippen molar-refractivity contribution in [3.05, 3.63) is 57.6 Å². The van der Waals surface area contributed by atoms with E-state index in [2.05, 4.69) is 15.2 Å². The van der Waals surface area contributed by atoms with Crippen molar-refractivity contribution in [3.63, 3.8) is 0 Å². The van der Waals surface area contributed by atoms with Gasteiger partial charge in [0.2, 0.25) is 5.89 Å². The lowest BCUT2D eigenvalue weighted by Crippen LogP contribution is -2.09. The summed E-state index contributed by atoms with van der Waals surface area (Å²) in [5.74, 6) is 0.847. The first kappa shape index (κ1) is 19.3. The summed E-state index contributed by atoms with van der Waals surface area (Å²) in [6, 6.07) is 9.22. The molecule has 0 aliphatic carbocycles. The van der Waals surface area contributed by atoms with Gasteiger partial charge in [-0.2, -0.15) is 11.3 Å². The fourth-order valence-electron chi connectivity index (χ4n) is 2.61. The molecule has 4 aromatic rings. The number of thiazole rings is 1. The Morgan fingerprint density at radius 3 is 2.62 bits per heavy atom. The summed E-state index contributed by atoms with van der Waals surface area (Å²) in [6.45, 7) is 3.49. The quantitative estimate of drug-likeness (QED) is 0.393. The lowest BCUT2D eigenvalue weighted by atomic mass is 10.2. The summed E-state index contributed by atoms with van der Waals surface area (Å²) in [4.78, 5) is 17.6. The molecule has 148 valence electrons. The van der Waals surface area contributed by atoms with E-state index in [1.807, 2.05) is 29.0 Å². The van der Waals surface area contributed by atoms with Gasteiger partial charge in [0.05, 0.1) is 12.8 Å². The normalized spacial score (nSPS) is 12.0. The topological polar surface area (TPSA) is 87.3 Å². The number of hydrogen-bond donors (Lipinski definition) is 0. The number of thiophene rings is 1. The molecule has 0 N–H and O–H groups in total. The fraction of sp³-hybridized carbons (Fsp3) is 0.200. The maximum atomic E-state index is 12.6. The fourth-order valence-corrected chi connectivity index (χ4v) is 4.27. The number of carbonyl (C=O) groups excluding carboxylic acids is 1. The summed E-state index contributed by atoms with van der Waals surface area (Å²) in [5.41, 5.74) is 2.39. The Hall–Kier alpha value is -3.04. The van der Waals surface area contributed by atoms with Crippen molar-refractivity contribution in [2.75, 3.05) is 7.11 Å². The van der Waals surface area contributed by atoms with Gasteiger partial charge in [-0.15, -0.1) is 21.5 Å². The Morgan fingerprint density at radius 1 is 1.14 bits per heavy atom. The third-order valence-corrected chi connectivity index (χ3v) is 6.03. The number of aryl methyl sites for hydroxylation is 1. The highest BCUT2D eigenvalue weighted by atomic mass is 32.1. The Morgan fingerprint density at radius 2 is 1.93 bits per heavy atom. The summed E-state index contributed by atoms with van der Waals surface area (Å²) in [7, 11) is 1.60. The van der Waals surface area contributed by atoms with Crippen molar-refractivity contribution in [1.29, 1.82) is 0 Å². The molecule has 4 rings (SSSR count). The lowest BCUT2D eigenvalue weighted by molar-refractivity contribution is 0.0284. The van der Waals surface area contributed by atoms with E-state index in [4.69, 9.17) is 13.9 Å². The highest BCUT2D eigenvalue weighted by Gasteiger charge is 2.23. The summed E-state index contributed by atoms with van der Waals surface area (Å²) in [6.07, 6.45) is -0.687. The first-order chi connectivity index (χ1) is 14.0. The zero-order chi connectivity index (χ0) is 20.4. The molecule has 0 spiro atoms. The van der Waals surface area contributed by atoms with Crippen molar-refractivity contribution >= 4 is 28.6 Å². The highest BCUT2D eigenvalue weighted by Crippen LogP contribution is 2.31. The number of benzene rings is 1. The monoisotopic (exact) mass is 427 g/mol. The van der Waals surface area contributed by atoms with Crippen LogP contribution in [0.1, 0.15) is 34.3 Å². The third kappa shape index (κ3) is 4.06. The molecule has 3 heterocycles. The molecule has 7 nitrogen and oxygen atoms in total. The minimum atomic E-state index is -0.687. The van der Waals surface area contributed by atoms with Gasteiger partial charge in [-0.1, -0.05) is 0 Å². The summed E-state index contributed by atoms with van der Waals surface area (Å²) < 4.78 is 16.4. The number of methoxy groups -OCH3 is 1. The number of nitrogens with zero attached hydrogens (tertiary/aromatic N) is 3. The van der Waals surface area contributed by atoms with Crippen molar-refractivity contribution in [1.82, 2.24) is 15.2 Å². The molecule has 0 radical (unpaired) electrons. The van der Waals surface area contributed by atoms with E-state index in [9.17, 15) is 4.79 Å². The molecule has 1 unspecified atom stereocenters. The van der Waals surface area contributed by atoms with Gasteiger partial charge in [-0.05, 0) is 49.6 Å². The number of hydrogen-bond acceptors (Lipinski definition) is 9. The van der Waals surface area contributed by atoms with E-state index < -0.39 is 12.1 Å². The average Bonchev–Trinajstić information content (AvgIpc) is 3.48. The predicted octanol–water partition coefficient (Wildman–Crippen LogP) is 5.16. The maximum absolute atomic E-state index is 12.6. The molecule has 1 aromatic carbocycles. The summed E-state index contributed by atoms with van der Waals surface area (Å²) in [5, 5.41) is 12.8. The molecular weight excluding hydrogens is 410 g/mol. The minimum Gasteiger partial charge on any atom is -0.497 e. The second-order valence-electron chi connectivity index (χ2n) is 6.17. The molecule has 0 aliphatic rings. The Balaban J connectivity index is 1.47. The SMILES string of the molecule is COc1ccc(-c2nnc(C(C)OC(=O)c3sc(-c4ccsc4)nc3C)o2)cc1. The minimum absolute atomic E-state index is 0.226. The Labute approximate surface area is 175 Å². The second kappa shape index (κ2) is 8.14. The van der Waals surface area contributed by atoms with Crippen LogP contribution < -0.4 is 4.74 Å². The molecule has 3 aromatic heterocycles. The van der Waals surface area contributed by atoms with Crippen molar-refractivity contribution in [3.8, 4) is 27.8 Å². The number of carbonyl (C=O) groups is 1. The van der Waals surface area contributed by atoms with Gasteiger partial charge in [0.1, 0.15) is 15.6 Å². The number of aromatic nitrogens is 3. The molecular formula is C20H17N3O4S2. The van der Waals surface area contributed by atoms with Crippen LogP contribution >= 0.6 is 22.7 Å². The number of ether oxygens (including phenoxy) is 2. The first-order valence-corrected chi connectivity index (χ1v) is 10.5. The van der Waals surface area contributed by atoms with Gasteiger partial charge in [-0.3, -0.25) is 0 Å².